The van der Waals surface area contributed by atoms with Crippen molar-refractivity contribution in [3.63, 3.8) is 0 Å². The fraction of sp³-hybridized carbons (Fsp3) is 0.0588. The number of halogens is 2. The zero-order valence-corrected chi connectivity index (χ0v) is 12.8. The van der Waals surface area contributed by atoms with Gasteiger partial charge < -0.3 is 10.2 Å². The van der Waals surface area contributed by atoms with Crippen molar-refractivity contribution in [3.8, 4) is 11.1 Å². The molecule has 7 heteroatoms. The van der Waals surface area contributed by atoms with Crippen LogP contribution in [0.2, 0.25) is 0 Å². The highest BCUT2D eigenvalue weighted by atomic mass is 32.1. The second kappa shape index (κ2) is 6.01. The first-order valence-electron chi connectivity index (χ1n) is 6.80. The van der Waals surface area contributed by atoms with Crippen LogP contribution in [0.3, 0.4) is 0 Å². The van der Waals surface area contributed by atoms with Crippen molar-refractivity contribution in [3.05, 3.63) is 58.5 Å². The molecule has 0 spiro atoms. The van der Waals surface area contributed by atoms with Crippen LogP contribution in [0.4, 0.5) is 8.78 Å². The van der Waals surface area contributed by atoms with Crippen molar-refractivity contribution in [2.75, 3.05) is 0 Å². The molecule has 0 saturated heterocycles. The second-order valence-electron chi connectivity index (χ2n) is 5.05. The average molecular weight is 348 g/mol. The van der Waals surface area contributed by atoms with Crippen LogP contribution >= 0.6 is 11.3 Å². The molecule has 24 heavy (non-hydrogen) atoms. The highest BCUT2D eigenvalue weighted by Crippen LogP contribution is 2.43. The zero-order valence-electron chi connectivity index (χ0n) is 12.0. The van der Waals surface area contributed by atoms with Gasteiger partial charge in [0.05, 0.1) is 16.0 Å². The molecule has 0 atom stereocenters. The third-order valence-corrected chi connectivity index (χ3v) is 4.71. The first-order valence-corrected chi connectivity index (χ1v) is 7.61. The molecule has 0 unspecified atom stereocenters. The summed E-state index contributed by atoms with van der Waals surface area (Å²) in [6.45, 7) is 0. The fourth-order valence-corrected chi connectivity index (χ4v) is 3.62. The number of hydrogen-bond acceptors (Lipinski definition) is 3. The van der Waals surface area contributed by atoms with Crippen molar-refractivity contribution in [1.82, 2.24) is 0 Å². The molecular formula is C17H10F2O4S. The van der Waals surface area contributed by atoms with Gasteiger partial charge in [-0.1, -0.05) is 18.2 Å². The Morgan fingerprint density at radius 1 is 0.958 bits per heavy atom. The minimum atomic E-state index is -2.75. The summed E-state index contributed by atoms with van der Waals surface area (Å²) in [6, 6.07) is 10.2. The monoisotopic (exact) mass is 348 g/mol. The number of carboxylic acid groups (broad SMARTS) is 2. The van der Waals surface area contributed by atoms with Crippen LogP contribution in [0.25, 0.3) is 21.2 Å². The summed E-state index contributed by atoms with van der Waals surface area (Å²) in [5.41, 5.74) is -0.197. The number of carboxylic acids is 2. The quantitative estimate of drug-likeness (QED) is 0.703. The van der Waals surface area contributed by atoms with E-state index in [0.29, 0.717) is 10.1 Å². The minimum absolute atomic E-state index is 0.153. The first-order chi connectivity index (χ1) is 11.4. The molecule has 2 N–H and O–H groups in total. The lowest BCUT2D eigenvalue weighted by Crippen LogP contribution is -2.03. The van der Waals surface area contributed by atoms with Gasteiger partial charge in [0.2, 0.25) is 0 Å². The Balaban J connectivity index is 2.36. The summed E-state index contributed by atoms with van der Waals surface area (Å²) in [5, 5.41) is 18.9. The van der Waals surface area contributed by atoms with Gasteiger partial charge in [0, 0.05) is 15.6 Å². The lowest BCUT2D eigenvalue weighted by Gasteiger charge is -2.08. The topological polar surface area (TPSA) is 74.6 Å². The standard InChI is InChI=1S/C17H10F2O4S/c18-15(19)14-13(11-3-1-2-4-12(11)24-14)8-5-9(16(20)21)7-10(6-8)17(22)23/h1-7,15H,(H,20,21)(H,22,23). The molecule has 1 aromatic heterocycles. The lowest BCUT2D eigenvalue weighted by atomic mass is 9.97. The Morgan fingerprint density at radius 2 is 1.54 bits per heavy atom. The zero-order chi connectivity index (χ0) is 17.4. The number of alkyl halides is 2. The van der Waals surface area contributed by atoms with Gasteiger partial charge in [0.25, 0.3) is 6.43 Å². The van der Waals surface area contributed by atoms with Gasteiger partial charge in [-0.3, -0.25) is 0 Å². The number of fused-ring (bicyclic) bond motifs is 1. The van der Waals surface area contributed by atoms with Crippen molar-refractivity contribution in [2.45, 2.75) is 6.43 Å². The molecule has 0 radical (unpaired) electrons. The predicted octanol–water partition coefficient (Wildman–Crippen LogP) is 4.90. The Bertz CT molecular complexity index is 930. The highest BCUT2D eigenvalue weighted by molar-refractivity contribution is 7.19. The lowest BCUT2D eigenvalue weighted by molar-refractivity contribution is 0.0696. The van der Waals surface area contributed by atoms with Crippen LogP contribution in [-0.2, 0) is 0 Å². The van der Waals surface area contributed by atoms with E-state index in [9.17, 15) is 18.4 Å². The van der Waals surface area contributed by atoms with Gasteiger partial charge in [0.15, 0.2) is 0 Å². The van der Waals surface area contributed by atoms with Gasteiger partial charge in [0.1, 0.15) is 0 Å². The fourth-order valence-electron chi connectivity index (χ4n) is 2.53. The molecule has 0 aliphatic carbocycles. The van der Waals surface area contributed by atoms with Crippen LogP contribution in [0.15, 0.2) is 42.5 Å². The molecular weight excluding hydrogens is 338 g/mol. The highest BCUT2D eigenvalue weighted by Gasteiger charge is 2.22. The molecule has 122 valence electrons. The molecule has 0 saturated carbocycles. The molecule has 0 aliphatic rings. The maximum Gasteiger partial charge on any atom is 0.335 e. The second-order valence-corrected chi connectivity index (χ2v) is 6.13. The van der Waals surface area contributed by atoms with Crippen molar-refractivity contribution in [2.24, 2.45) is 0 Å². The molecule has 4 nitrogen and oxygen atoms in total. The largest absolute Gasteiger partial charge is 0.478 e. The number of hydrogen-bond donors (Lipinski definition) is 2. The number of thiophene rings is 1. The smallest absolute Gasteiger partial charge is 0.335 e. The third-order valence-electron chi connectivity index (χ3n) is 3.54. The molecule has 2 aromatic carbocycles. The average Bonchev–Trinajstić information content (AvgIpc) is 2.94. The van der Waals surface area contributed by atoms with Gasteiger partial charge in [-0.05, 0) is 29.8 Å². The van der Waals surface area contributed by atoms with Crippen LogP contribution < -0.4 is 0 Å². The van der Waals surface area contributed by atoms with E-state index in [1.54, 1.807) is 24.3 Å². The summed E-state index contributed by atoms with van der Waals surface area (Å²) >= 11 is 0.910. The molecule has 1 heterocycles. The van der Waals surface area contributed by atoms with Crippen LogP contribution in [-0.4, -0.2) is 22.2 Å². The first kappa shape index (κ1) is 16.1. The summed E-state index contributed by atoms with van der Waals surface area (Å²) in [7, 11) is 0. The van der Waals surface area contributed by atoms with Crippen LogP contribution in [0.5, 0.6) is 0 Å². The molecule has 3 rings (SSSR count). The molecule has 0 aliphatic heterocycles. The molecule has 3 aromatic rings. The minimum Gasteiger partial charge on any atom is -0.478 e. The maximum absolute atomic E-state index is 13.4. The van der Waals surface area contributed by atoms with E-state index in [1.165, 1.54) is 12.1 Å². The molecule has 0 fully saturated rings. The summed E-state index contributed by atoms with van der Waals surface area (Å²) in [6.07, 6.45) is -2.75. The van der Waals surface area contributed by atoms with Crippen molar-refractivity contribution >= 4 is 33.4 Å². The van der Waals surface area contributed by atoms with E-state index in [-0.39, 0.29) is 27.1 Å². The summed E-state index contributed by atoms with van der Waals surface area (Å²) in [4.78, 5) is 22.3. The van der Waals surface area contributed by atoms with Gasteiger partial charge in [-0.2, -0.15) is 0 Å². The molecule has 0 amide bonds. The summed E-state index contributed by atoms with van der Waals surface area (Å²) < 4.78 is 27.5. The van der Waals surface area contributed by atoms with Crippen LogP contribution in [0, 0.1) is 0 Å². The Hall–Kier alpha value is -2.80. The van der Waals surface area contributed by atoms with E-state index in [4.69, 9.17) is 10.2 Å². The van der Waals surface area contributed by atoms with Crippen LogP contribution in [0.1, 0.15) is 32.0 Å². The van der Waals surface area contributed by atoms with E-state index >= 15 is 0 Å². The van der Waals surface area contributed by atoms with E-state index < -0.39 is 18.4 Å². The van der Waals surface area contributed by atoms with Gasteiger partial charge in [-0.15, -0.1) is 11.3 Å². The molecule has 0 bridgehead atoms. The Labute approximate surface area is 138 Å². The number of rotatable bonds is 4. The Kier molecular flexibility index (Phi) is 4.02. The predicted molar refractivity (Wildman–Crippen MR) is 86.1 cm³/mol. The van der Waals surface area contributed by atoms with Gasteiger partial charge >= 0.3 is 11.9 Å². The number of aromatic carboxylic acids is 2. The number of benzene rings is 2. The van der Waals surface area contributed by atoms with E-state index in [2.05, 4.69) is 0 Å². The summed E-state index contributed by atoms with van der Waals surface area (Å²) in [5.74, 6) is -2.64. The SMILES string of the molecule is O=C(O)c1cc(C(=O)O)cc(-c2c(C(F)F)sc3ccccc23)c1. The van der Waals surface area contributed by atoms with Gasteiger partial charge in [-0.25, -0.2) is 18.4 Å². The Morgan fingerprint density at radius 3 is 2.08 bits per heavy atom. The number of carbonyl (C=O) groups is 2. The van der Waals surface area contributed by atoms with Crippen molar-refractivity contribution in [1.29, 1.82) is 0 Å². The third kappa shape index (κ3) is 2.74. The maximum atomic E-state index is 13.4. The normalized spacial score (nSPS) is 11.1. The van der Waals surface area contributed by atoms with Crippen molar-refractivity contribution < 1.29 is 28.6 Å². The van der Waals surface area contributed by atoms with E-state index in [1.807, 2.05) is 0 Å². The van der Waals surface area contributed by atoms with E-state index in [0.717, 1.165) is 17.4 Å².